The molecule has 0 unspecified atom stereocenters. The molecule has 0 saturated carbocycles. The maximum Gasteiger partial charge on any atom is 0.387 e. The average molecular weight is 434 g/mol. The molecule has 3 heterocycles. The second-order valence-corrected chi connectivity index (χ2v) is 7.20. The molecule has 156 valence electrons. The number of alkyl halides is 2. The summed E-state index contributed by atoms with van der Waals surface area (Å²) in [5, 5.41) is 5.04. The van der Waals surface area contributed by atoms with E-state index in [0.717, 1.165) is 11.4 Å². The van der Waals surface area contributed by atoms with Crippen LogP contribution in [0.25, 0.3) is 0 Å². The highest BCUT2D eigenvalue weighted by atomic mass is 35.5. The second-order valence-electron chi connectivity index (χ2n) is 6.76. The summed E-state index contributed by atoms with van der Waals surface area (Å²) in [5.74, 6) is 0.413. The molecule has 2 aromatic heterocycles. The van der Waals surface area contributed by atoms with Crippen molar-refractivity contribution in [3.05, 3.63) is 65.1 Å². The van der Waals surface area contributed by atoms with E-state index in [1.54, 1.807) is 46.1 Å². The molecule has 4 rings (SSSR count). The van der Waals surface area contributed by atoms with Gasteiger partial charge >= 0.3 is 6.61 Å². The van der Waals surface area contributed by atoms with E-state index in [-0.39, 0.29) is 11.7 Å². The topological polar surface area (TPSA) is 63.5 Å². The van der Waals surface area contributed by atoms with Gasteiger partial charge in [0.25, 0.3) is 5.91 Å². The van der Waals surface area contributed by atoms with Crippen LogP contribution in [0.2, 0.25) is 5.02 Å². The number of benzene rings is 1. The van der Waals surface area contributed by atoms with Gasteiger partial charge in [0.15, 0.2) is 0 Å². The van der Waals surface area contributed by atoms with Crippen molar-refractivity contribution in [2.24, 2.45) is 0 Å². The van der Waals surface area contributed by atoms with Crippen LogP contribution in [0, 0.1) is 0 Å². The number of halogens is 3. The van der Waals surface area contributed by atoms with E-state index in [0.29, 0.717) is 36.2 Å². The molecule has 0 N–H and O–H groups in total. The smallest absolute Gasteiger partial charge is 0.387 e. The highest BCUT2D eigenvalue weighted by Gasteiger charge is 2.28. The molecule has 0 aliphatic carbocycles. The van der Waals surface area contributed by atoms with Crippen LogP contribution in [0.1, 0.15) is 16.2 Å². The van der Waals surface area contributed by atoms with Gasteiger partial charge in [0.1, 0.15) is 17.3 Å². The molecule has 3 aromatic rings. The molecular weight excluding hydrogens is 416 g/mol. The maximum atomic E-state index is 12.9. The zero-order valence-corrected chi connectivity index (χ0v) is 16.8. The first-order valence-electron chi connectivity index (χ1n) is 9.17. The Bertz CT molecular complexity index is 1060. The number of rotatable bonds is 6. The van der Waals surface area contributed by atoms with Crippen molar-refractivity contribution in [3.8, 4) is 5.75 Å². The largest absolute Gasteiger partial charge is 0.435 e. The zero-order chi connectivity index (χ0) is 21.3. The van der Waals surface area contributed by atoms with Gasteiger partial charge in [-0.3, -0.25) is 14.4 Å². The Morgan fingerprint density at radius 1 is 1.20 bits per heavy atom. The molecule has 30 heavy (non-hydrogen) atoms. The van der Waals surface area contributed by atoms with Crippen LogP contribution in [0.5, 0.6) is 5.75 Å². The van der Waals surface area contributed by atoms with Crippen LogP contribution in [-0.4, -0.2) is 40.9 Å². The number of aromatic nitrogens is 3. The molecule has 0 spiro atoms. The molecule has 0 atom stereocenters. The van der Waals surface area contributed by atoms with E-state index < -0.39 is 6.61 Å². The minimum absolute atomic E-state index is 0.0971. The van der Waals surface area contributed by atoms with Gasteiger partial charge in [0, 0.05) is 30.5 Å². The Morgan fingerprint density at radius 3 is 2.67 bits per heavy atom. The molecule has 0 radical (unpaired) electrons. The van der Waals surface area contributed by atoms with Crippen molar-refractivity contribution in [3.63, 3.8) is 0 Å². The lowest BCUT2D eigenvalue weighted by atomic mass is 10.2. The molecule has 1 amide bonds. The molecule has 0 saturated heterocycles. The predicted molar refractivity (Wildman–Crippen MR) is 108 cm³/mol. The van der Waals surface area contributed by atoms with Crippen LogP contribution < -0.4 is 14.5 Å². The third-order valence-electron chi connectivity index (χ3n) is 4.72. The lowest BCUT2D eigenvalue weighted by molar-refractivity contribution is -0.0498. The monoisotopic (exact) mass is 433 g/mol. The van der Waals surface area contributed by atoms with E-state index in [9.17, 15) is 13.6 Å². The van der Waals surface area contributed by atoms with Crippen LogP contribution in [0.4, 0.5) is 20.3 Å². The zero-order valence-electron chi connectivity index (χ0n) is 16.0. The van der Waals surface area contributed by atoms with Crippen molar-refractivity contribution >= 4 is 29.0 Å². The first-order valence-corrected chi connectivity index (χ1v) is 9.54. The summed E-state index contributed by atoms with van der Waals surface area (Å²) in [6.07, 6.45) is 1.56. The number of carbonyl (C=O) groups excluding carboxylic acids is 1. The van der Waals surface area contributed by atoms with Gasteiger partial charge < -0.3 is 9.64 Å². The summed E-state index contributed by atoms with van der Waals surface area (Å²) in [4.78, 5) is 20.6. The Hall–Kier alpha value is -3.20. The fraction of sp³-hybridized carbons (Fsp3) is 0.250. The van der Waals surface area contributed by atoms with Gasteiger partial charge in [-0.05, 0) is 42.5 Å². The normalized spacial score (nSPS) is 13.5. The first-order chi connectivity index (χ1) is 14.4. The number of amides is 1. The van der Waals surface area contributed by atoms with Gasteiger partial charge in [-0.25, -0.2) is 4.98 Å². The fourth-order valence-electron chi connectivity index (χ4n) is 3.30. The van der Waals surface area contributed by atoms with Crippen LogP contribution in [0.15, 0.2) is 48.7 Å². The molecular formula is C20H18ClF2N5O2. The summed E-state index contributed by atoms with van der Waals surface area (Å²) in [7, 11) is 1.85. The highest BCUT2D eigenvalue weighted by molar-refractivity contribution is 6.30. The Labute approximate surface area is 176 Å². The van der Waals surface area contributed by atoms with Gasteiger partial charge in [0.2, 0.25) is 0 Å². The van der Waals surface area contributed by atoms with E-state index in [2.05, 4.69) is 14.8 Å². The lowest BCUT2D eigenvalue weighted by Gasteiger charge is -2.26. The number of fused-ring (bicyclic) bond motifs is 1. The summed E-state index contributed by atoms with van der Waals surface area (Å²) in [6.45, 7) is -1.43. The van der Waals surface area contributed by atoms with Crippen molar-refractivity contribution in [1.82, 2.24) is 14.8 Å². The number of hydrogen-bond acceptors (Lipinski definition) is 5. The number of ether oxygens (including phenoxy) is 1. The Balaban J connectivity index is 1.48. The molecule has 0 fully saturated rings. The van der Waals surface area contributed by atoms with Crippen LogP contribution >= 0.6 is 11.6 Å². The summed E-state index contributed by atoms with van der Waals surface area (Å²) < 4.78 is 30.6. The highest BCUT2D eigenvalue weighted by Crippen LogP contribution is 2.24. The number of nitrogens with zero attached hydrogens (tertiary/aromatic N) is 5. The standard InChI is InChI=1S/C20H18ClF2N5O2/c1-26(15-2-4-16(5-3-15)30-20(22)23)12-14-11-17-19(29)27(8-9-28(17)25-14)18-10-13(21)6-7-24-18/h2-7,10-11,20H,8-9,12H2,1H3. The van der Waals surface area contributed by atoms with E-state index >= 15 is 0 Å². The van der Waals surface area contributed by atoms with E-state index in [1.807, 2.05) is 11.9 Å². The van der Waals surface area contributed by atoms with Crippen LogP contribution in [-0.2, 0) is 13.1 Å². The minimum atomic E-state index is -2.86. The van der Waals surface area contributed by atoms with E-state index in [1.165, 1.54) is 12.1 Å². The maximum absolute atomic E-state index is 12.9. The lowest BCUT2D eigenvalue weighted by Crippen LogP contribution is -2.40. The van der Waals surface area contributed by atoms with Crippen molar-refractivity contribution in [2.75, 3.05) is 23.4 Å². The molecule has 1 aromatic carbocycles. The van der Waals surface area contributed by atoms with E-state index in [4.69, 9.17) is 11.6 Å². The van der Waals surface area contributed by atoms with Gasteiger partial charge in [0.05, 0.1) is 18.8 Å². The first kappa shape index (κ1) is 20.1. The number of anilines is 2. The number of pyridine rings is 1. The van der Waals surface area contributed by atoms with Crippen LogP contribution in [0.3, 0.4) is 0 Å². The quantitative estimate of drug-likeness (QED) is 0.591. The number of hydrogen-bond donors (Lipinski definition) is 0. The third-order valence-corrected chi connectivity index (χ3v) is 4.95. The predicted octanol–water partition coefficient (Wildman–Crippen LogP) is 3.83. The second kappa shape index (κ2) is 8.27. The number of carbonyl (C=O) groups is 1. The van der Waals surface area contributed by atoms with Gasteiger partial charge in [-0.15, -0.1) is 0 Å². The summed E-state index contributed by atoms with van der Waals surface area (Å²) in [6, 6.07) is 11.4. The molecule has 1 aliphatic rings. The van der Waals surface area contributed by atoms with Crippen molar-refractivity contribution < 1.29 is 18.3 Å². The SMILES string of the molecule is CN(Cc1cc2n(n1)CCN(c1cc(Cl)ccn1)C2=O)c1ccc(OC(F)F)cc1. The molecule has 7 nitrogen and oxygen atoms in total. The fourth-order valence-corrected chi connectivity index (χ4v) is 3.45. The van der Waals surface area contributed by atoms with Crippen molar-refractivity contribution in [1.29, 1.82) is 0 Å². The van der Waals surface area contributed by atoms with Crippen molar-refractivity contribution in [2.45, 2.75) is 19.7 Å². The average Bonchev–Trinajstić information content (AvgIpc) is 3.12. The molecule has 0 bridgehead atoms. The molecule has 1 aliphatic heterocycles. The molecule has 10 heteroatoms. The Kier molecular flexibility index (Phi) is 5.54. The third kappa shape index (κ3) is 4.20. The van der Waals surface area contributed by atoms with Gasteiger partial charge in [-0.2, -0.15) is 13.9 Å². The summed E-state index contributed by atoms with van der Waals surface area (Å²) >= 11 is 6.02. The Morgan fingerprint density at radius 2 is 1.97 bits per heavy atom. The minimum Gasteiger partial charge on any atom is -0.435 e. The van der Waals surface area contributed by atoms with Gasteiger partial charge in [-0.1, -0.05) is 11.6 Å². The summed E-state index contributed by atoms with van der Waals surface area (Å²) in [5.41, 5.74) is 2.00.